The first-order valence-electron chi connectivity index (χ1n) is 10.8. The molecule has 0 unspecified atom stereocenters. The Morgan fingerprint density at radius 3 is 2.66 bits per heavy atom. The van der Waals surface area contributed by atoms with Crippen molar-refractivity contribution in [3.8, 4) is 0 Å². The number of primary amides is 1. The number of hydrogen-bond acceptors (Lipinski definition) is 5. The van der Waals surface area contributed by atoms with Gasteiger partial charge in [-0.1, -0.05) is 6.07 Å². The Hall–Kier alpha value is -3.49. The molecule has 0 spiro atoms. The van der Waals surface area contributed by atoms with E-state index in [2.05, 4.69) is 9.97 Å². The molecule has 32 heavy (non-hydrogen) atoms. The normalized spacial score (nSPS) is 16.5. The number of carbonyl (C=O) groups excluding carboxylic acids is 2. The lowest BCUT2D eigenvalue weighted by Gasteiger charge is -2.32. The zero-order valence-electron chi connectivity index (χ0n) is 18.7. The van der Waals surface area contributed by atoms with Gasteiger partial charge in [0.05, 0.1) is 22.3 Å². The van der Waals surface area contributed by atoms with E-state index in [1.807, 2.05) is 23.1 Å². The van der Waals surface area contributed by atoms with Crippen molar-refractivity contribution in [1.29, 1.82) is 0 Å². The summed E-state index contributed by atoms with van der Waals surface area (Å²) in [5.74, 6) is 0.259. The molecule has 1 fully saturated rings. The van der Waals surface area contributed by atoms with Gasteiger partial charge in [-0.3, -0.25) is 18.7 Å². The monoisotopic (exact) mass is 436 g/mol. The van der Waals surface area contributed by atoms with Gasteiger partial charge in [0, 0.05) is 45.7 Å². The fraction of sp³-hybridized carbons (Fsp3) is 0.435. The van der Waals surface area contributed by atoms with Crippen LogP contribution in [0.25, 0.3) is 11.0 Å². The highest BCUT2D eigenvalue weighted by molar-refractivity contribution is 5.93. The maximum absolute atomic E-state index is 12.9. The van der Waals surface area contributed by atoms with Gasteiger partial charge in [0.1, 0.15) is 5.82 Å². The molecule has 0 saturated carbocycles. The molecule has 1 aliphatic heterocycles. The minimum Gasteiger partial charge on any atom is -0.365 e. The zero-order chi connectivity index (χ0) is 23.0. The molecule has 0 radical (unpaired) electrons. The van der Waals surface area contributed by atoms with Crippen molar-refractivity contribution in [3.05, 3.63) is 57.5 Å². The largest absolute Gasteiger partial charge is 0.365 e. The van der Waals surface area contributed by atoms with Crippen LogP contribution in [0.15, 0.2) is 29.2 Å². The Bertz CT molecular complexity index is 1260. The Balaban J connectivity index is 1.42. The number of piperidine rings is 1. The van der Waals surface area contributed by atoms with Crippen LogP contribution in [0.4, 0.5) is 0 Å². The van der Waals surface area contributed by atoms with Crippen LogP contribution < -0.4 is 11.4 Å². The lowest BCUT2D eigenvalue weighted by atomic mass is 9.96. The predicted molar refractivity (Wildman–Crippen MR) is 120 cm³/mol. The maximum Gasteiger partial charge on any atom is 0.328 e. The first kappa shape index (κ1) is 21.7. The molecule has 1 aliphatic rings. The van der Waals surface area contributed by atoms with E-state index in [0.29, 0.717) is 36.5 Å². The topological polar surface area (TPSA) is 116 Å². The van der Waals surface area contributed by atoms with Gasteiger partial charge in [-0.05, 0) is 43.9 Å². The van der Waals surface area contributed by atoms with E-state index < -0.39 is 5.91 Å². The highest BCUT2D eigenvalue weighted by atomic mass is 16.2. The second-order valence-corrected chi connectivity index (χ2v) is 8.49. The second kappa shape index (κ2) is 8.57. The van der Waals surface area contributed by atoms with Gasteiger partial charge in [0.15, 0.2) is 0 Å². The molecule has 2 aromatic heterocycles. The van der Waals surface area contributed by atoms with E-state index in [1.165, 1.54) is 6.20 Å². The fourth-order valence-corrected chi connectivity index (χ4v) is 4.46. The Morgan fingerprint density at radius 2 is 1.94 bits per heavy atom. The number of hydrogen-bond donors (Lipinski definition) is 1. The van der Waals surface area contributed by atoms with Gasteiger partial charge in [-0.15, -0.1) is 0 Å². The standard InChI is InChI=1S/C23H28N6O3/c1-14-17(21(24)31)12-25-22(26-14)16-5-4-10-29(13-16)20(30)9-7-15-6-8-18-19(11-15)28(3)23(32)27(18)2/h6,8,11-12,16H,4-5,7,9-10,13H2,1-3H3,(H2,24,31)/t16-/m0/s1. The molecule has 1 saturated heterocycles. The fourth-order valence-electron chi connectivity index (χ4n) is 4.46. The summed E-state index contributed by atoms with van der Waals surface area (Å²) in [7, 11) is 3.51. The van der Waals surface area contributed by atoms with Crippen molar-refractivity contribution in [3.63, 3.8) is 0 Å². The minimum absolute atomic E-state index is 0.0449. The van der Waals surface area contributed by atoms with Crippen LogP contribution in [0.1, 0.15) is 52.6 Å². The molecule has 3 heterocycles. The molecular formula is C23H28N6O3. The Morgan fingerprint density at radius 1 is 1.19 bits per heavy atom. The number of imidazole rings is 1. The molecule has 3 aromatic rings. The number of fused-ring (bicyclic) bond motifs is 1. The number of aryl methyl sites for hydroxylation is 4. The summed E-state index contributed by atoms with van der Waals surface area (Å²) >= 11 is 0. The van der Waals surface area contributed by atoms with E-state index in [4.69, 9.17) is 5.73 Å². The van der Waals surface area contributed by atoms with Crippen LogP contribution in [-0.4, -0.2) is 48.9 Å². The van der Waals surface area contributed by atoms with E-state index in [0.717, 1.165) is 36.0 Å². The lowest BCUT2D eigenvalue weighted by Crippen LogP contribution is -2.39. The minimum atomic E-state index is -0.539. The van der Waals surface area contributed by atoms with Crippen LogP contribution in [0, 0.1) is 6.92 Å². The Labute approximate surface area is 185 Å². The van der Waals surface area contributed by atoms with Crippen LogP contribution in [0.3, 0.4) is 0 Å². The number of nitrogens with zero attached hydrogens (tertiary/aromatic N) is 5. The third kappa shape index (κ3) is 4.02. The summed E-state index contributed by atoms with van der Waals surface area (Å²) in [4.78, 5) is 47.1. The van der Waals surface area contributed by atoms with Crippen molar-refractivity contribution in [2.24, 2.45) is 19.8 Å². The number of carbonyl (C=O) groups is 2. The molecule has 1 atom stereocenters. The molecule has 2 amide bonds. The lowest BCUT2D eigenvalue weighted by molar-refractivity contribution is -0.132. The first-order valence-corrected chi connectivity index (χ1v) is 10.8. The van der Waals surface area contributed by atoms with Crippen molar-refractivity contribution < 1.29 is 9.59 Å². The summed E-state index contributed by atoms with van der Waals surface area (Å²) in [6, 6.07) is 5.90. The van der Waals surface area contributed by atoms with Crippen molar-refractivity contribution >= 4 is 22.8 Å². The third-order valence-electron chi connectivity index (χ3n) is 6.37. The van der Waals surface area contributed by atoms with Gasteiger partial charge in [-0.25, -0.2) is 14.8 Å². The van der Waals surface area contributed by atoms with Crippen molar-refractivity contribution in [2.75, 3.05) is 13.1 Å². The quantitative estimate of drug-likeness (QED) is 0.649. The molecule has 9 nitrogen and oxygen atoms in total. The van der Waals surface area contributed by atoms with Crippen LogP contribution >= 0.6 is 0 Å². The third-order valence-corrected chi connectivity index (χ3v) is 6.37. The average molecular weight is 437 g/mol. The molecule has 0 bridgehead atoms. The van der Waals surface area contributed by atoms with E-state index in [-0.39, 0.29) is 17.5 Å². The van der Waals surface area contributed by atoms with Crippen molar-refractivity contribution in [2.45, 2.75) is 38.5 Å². The molecule has 9 heteroatoms. The number of rotatable bonds is 5. The molecule has 1 aromatic carbocycles. The summed E-state index contributed by atoms with van der Waals surface area (Å²) in [5.41, 5.74) is 8.95. The zero-order valence-corrected chi connectivity index (χ0v) is 18.7. The first-order chi connectivity index (χ1) is 15.3. The summed E-state index contributed by atoms with van der Waals surface area (Å²) in [5, 5.41) is 0. The SMILES string of the molecule is Cc1nc([C@H]2CCCN(C(=O)CCc3ccc4c(c3)n(C)c(=O)n4C)C2)ncc1C(N)=O. The molecule has 4 rings (SSSR count). The van der Waals surface area contributed by atoms with Crippen LogP contribution in [-0.2, 0) is 25.3 Å². The van der Waals surface area contributed by atoms with Crippen molar-refractivity contribution in [1.82, 2.24) is 24.0 Å². The summed E-state index contributed by atoms with van der Waals surface area (Å²) in [6.45, 7) is 3.04. The number of aromatic nitrogens is 4. The molecule has 2 N–H and O–H groups in total. The Kier molecular flexibility index (Phi) is 5.82. The molecule has 0 aliphatic carbocycles. The molecular weight excluding hydrogens is 408 g/mol. The maximum atomic E-state index is 12.9. The number of likely N-dealkylation sites (tertiary alicyclic amines) is 1. The van der Waals surface area contributed by atoms with Gasteiger partial charge in [0.25, 0.3) is 5.91 Å². The van der Waals surface area contributed by atoms with Gasteiger partial charge < -0.3 is 10.6 Å². The predicted octanol–water partition coefficient (Wildman–Crippen LogP) is 1.41. The van der Waals surface area contributed by atoms with E-state index in [1.54, 1.807) is 30.2 Å². The summed E-state index contributed by atoms with van der Waals surface area (Å²) < 4.78 is 3.25. The van der Waals surface area contributed by atoms with E-state index >= 15 is 0 Å². The average Bonchev–Trinajstić information content (AvgIpc) is 3.00. The number of nitrogens with two attached hydrogens (primary N) is 1. The number of benzene rings is 1. The van der Waals surface area contributed by atoms with Gasteiger partial charge >= 0.3 is 5.69 Å². The van der Waals surface area contributed by atoms with Crippen LogP contribution in [0.2, 0.25) is 0 Å². The smallest absolute Gasteiger partial charge is 0.328 e. The second-order valence-electron chi connectivity index (χ2n) is 8.49. The highest BCUT2D eigenvalue weighted by Gasteiger charge is 2.27. The van der Waals surface area contributed by atoms with Gasteiger partial charge in [0.2, 0.25) is 5.91 Å². The van der Waals surface area contributed by atoms with Gasteiger partial charge in [-0.2, -0.15) is 0 Å². The number of amides is 2. The van der Waals surface area contributed by atoms with Crippen LogP contribution in [0.5, 0.6) is 0 Å². The van der Waals surface area contributed by atoms with E-state index in [9.17, 15) is 14.4 Å². The highest BCUT2D eigenvalue weighted by Crippen LogP contribution is 2.26. The molecule has 168 valence electrons. The summed E-state index contributed by atoms with van der Waals surface area (Å²) in [6.07, 6.45) is 4.28.